The van der Waals surface area contributed by atoms with E-state index in [4.69, 9.17) is 15.2 Å². The second kappa shape index (κ2) is 12.8. The van der Waals surface area contributed by atoms with E-state index in [1.54, 1.807) is 26.4 Å². The molecule has 0 spiro atoms. The fourth-order valence-electron chi connectivity index (χ4n) is 6.46. The van der Waals surface area contributed by atoms with Gasteiger partial charge in [-0.25, -0.2) is 4.39 Å². The minimum Gasteiger partial charge on any atom is -0.497 e. The van der Waals surface area contributed by atoms with Crippen LogP contribution in [0.4, 0.5) is 4.39 Å². The number of carbonyl (C=O) groups excluding carboxylic acids is 1. The normalized spacial score (nSPS) is 24.9. The Bertz CT molecular complexity index is 1130. The Hall–Kier alpha value is -2.52. The molecule has 1 saturated carbocycles. The van der Waals surface area contributed by atoms with Gasteiger partial charge < -0.3 is 30.3 Å². The van der Waals surface area contributed by atoms with E-state index in [0.29, 0.717) is 74.2 Å². The Kier molecular flexibility index (Phi) is 9.64. The minimum atomic E-state index is -1.37. The van der Waals surface area contributed by atoms with Gasteiger partial charge in [0.25, 0.3) is 0 Å². The number of ether oxygens (including phenoxy) is 2. The van der Waals surface area contributed by atoms with E-state index in [0.717, 1.165) is 18.4 Å². The van der Waals surface area contributed by atoms with E-state index in [1.165, 1.54) is 6.07 Å². The number of nitrogens with zero attached hydrogens (tertiary/aromatic N) is 1. The van der Waals surface area contributed by atoms with Crippen molar-refractivity contribution in [2.24, 2.45) is 17.6 Å². The van der Waals surface area contributed by atoms with Gasteiger partial charge in [-0.1, -0.05) is 18.2 Å². The number of halogens is 1. The van der Waals surface area contributed by atoms with Crippen LogP contribution >= 0.6 is 0 Å². The zero-order valence-corrected chi connectivity index (χ0v) is 23.4. The number of unbranched alkanes of at least 4 members (excludes halogenated alkanes) is 1. The van der Waals surface area contributed by atoms with Gasteiger partial charge in [0.1, 0.15) is 11.6 Å². The average molecular weight is 543 g/mol. The molecule has 2 aromatic carbocycles. The molecule has 1 saturated heterocycles. The molecule has 1 aliphatic carbocycles. The SMILES string of the molecule is COCCCCC(O)(c1cccc(F)c1-c1cc(C)cc(OC)c1)C1CCCN(C(=O)C2CC(N)C(O)C2)C1. The van der Waals surface area contributed by atoms with Crippen molar-refractivity contribution in [3.8, 4) is 16.9 Å². The van der Waals surface area contributed by atoms with Crippen molar-refractivity contribution in [1.82, 2.24) is 4.90 Å². The lowest BCUT2D eigenvalue weighted by atomic mass is 9.71. The first-order valence-corrected chi connectivity index (χ1v) is 14.1. The Morgan fingerprint density at radius 2 is 2.00 bits per heavy atom. The summed E-state index contributed by atoms with van der Waals surface area (Å²) < 4.78 is 26.4. The van der Waals surface area contributed by atoms with Crippen LogP contribution in [0.25, 0.3) is 11.1 Å². The number of nitrogens with two attached hydrogens (primary N) is 1. The van der Waals surface area contributed by atoms with Crippen molar-refractivity contribution in [2.45, 2.75) is 69.6 Å². The Labute approximate surface area is 231 Å². The van der Waals surface area contributed by atoms with E-state index >= 15 is 4.39 Å². The maximum atomic E-state index is 15.7. The maximum Gasteiger partial charge on any atom is 0.225 e. The number of aryl methyl sites for hydroxylation is 1. The van der Waals surface area contributed by atoms with E-state index in [9.17, 15) is 15.0 Å². The van der Waals surface area contributed by atoms with Crippen molar-refractivity contribution in [2.75, 3.05) is 33.9 Å². The van der Waals surface area contributed by atoms with Crippen molar-refractivity contribution < 1.29 is 28.9 Å². The standard InChI is InChI=1S/C31H43FN2O5/c1-20-14-21(16-24(15-20)39-3)29-25(9-6-10-26(29)32)31(37,11-4-5-13-38-2)23-8-7-12-34(19-23)30(36)22-17-27(33)28(35)18-22/h6,9-10,14-16,22-23,27-28,35,37H,4-5,7-8,11-13,17-19,33H2,1-3H3. The first-order valence-electron chi connectivity index (χ1n) is 14.1. The van der Waals surface area contributed by atoms with Crippen LogP contribution in [0.2, 0.25) is 0 Å². The van der Waals surface area contributed by atoms with Gasteiger partial charge in [-0.05, 0) is 86.8 Å². The molecule has 5 unspecified atom stereocenters. The molecule has 1 amide bonds. The first-order chi connectivity index (χ1) is 18.7. The Morgan fingerprint density at radius 3 is 2.69 bits per heavy atom. The van der Waals surface area contributed by atoms with Crippen molar-refractivity contribution in [1.29, 1.82) is 0 Å². The Balaban J connectivity index is 1.71. The highest BCUT2D eigenvalue weighted by molar-refractivity contribution is 5.79. The van der Waals surface area contributed by atoms with E-state index in [1.807, 2.05) is 30.0 Å². The average Bonchev–Trinajstić information content (AvgIpc) is 3.27. The molecule has 8 heteroatoms. The lowest BCUT2D eigenvalue weighted by molar-refractivity contribution is -0.141. The molecule has 4 N–H and O–H groups in total. The smallest absolute Gasteiger partial charge is 0.225 e. The van der Waals surface area contributed by atoms with Gasteiger partial charge in [0.15, 0.2) is 0 Å². The number of methoxy groups -OCH3 is 2. The largest absolute Gasteiger partial charge is 0.497 e. The lowest BCUT2D eigenvalue weighted by Crippen LogP contribution is -2.49. The number of aliphatic hydroxyl groups is 2. The molecule has 1 aliphatic heterocycles. The van der Waals surface area contributed by atoms with E-state index in [-0.39, 0.29) is 17.7 Å². The molecule has 39 heavy (non-hydrogen) atoms. The second-order valence-electron chi connectivity index (χ2n) is 11.3. The van der Waals surface area contributed by atoms with Crippen LogP contribution in [0.3, 0.4) is 0 Å². The highest BCUT2D eigenvalue weighted by Crippen LogP contribution is 2.45. The fourth-order valence-corrected chi connectivity index (χ4v) is 6.46. The number of rotatable bonds is 10. The molecule has 214 valence electrons. The van der Waals surface area contributed by atoms with Crippen LogP contribution in [-0.4, -0.2) is 67.1 Å². The summed E-state index contributed by atoms with van der Waals surface area (Å²) in [6, 6.07) is 10.1. The maximum absolute atomic E-state index is 15.7. The summed E-state index contributed by atoms with van der Waals surface area (Å²) in [4.78, 5) is 15.3. The quantitative estimate of drug-likeness (QED) is 0.390. The monoisotopic (exact) mass is 542 g/mol. The zero-order chi connectivity index (χ0) is 28.2. The number of benzene rings is 2. The lowest BCUT2D eigenvalue weighted by Gasteiger charge is -2.44. The first kappa shape index (κ1) is 29.5. The van der Waals surface area contributed by atoms with Gasteiger partial charge in [-0.2, -0.15) is 0 Å². The summed E-state index contributed by atoms with van der Waals surface area (Å²) >= 11 is 0. The third-order valence-corrected chi connectivity index (χ3v) is 8.55. The van der Waals surface area contributed by atoms with E-state index < -0.39 is 23.6 Å². The molecule has 7 nitrogen and oxygen atoms in total. The summed E-state index contributed by atoms with van der Waals surface area (Å²) in [6.45, 7) is 3.47. The second-order valence-corrected chi connectivity index (χ2v) is 11.3. The molecule has 5 atom stereocenters. The van der Waals surface area contributed by atoms with Gasteiger partial charge in [-0.3, -0.25) is 4.79 Å². The minimum absolute atomic E-state index is 0.0173. The topological polar surface area (TPSA) is 105 Å². The van der Waals surface area contributed by atoms with Crippen LogP contribution in [-0.2, 0) is 15.1 Å². The van der Waals surface area contributed by atoms with Crippen LogP contribution in [0.5, 0.6) is 5.75 Å². The van der Waals surface area contributed by atoms with Crippen LogP contribution in [0, 0.1) is 24.6 Å². The summed E-state index contributed by atoms with van der Waals surface area (Å²) in [5, 5.41) is 22.7. The van der Waals surface area contributed by atoms with Crippen molar-refractivity contribution in [3.63, 3.8) is 0 Å². The molecule has 2 aromatic rings. The van der Waals surface area contributed by atoms with Crippen molar-refractivity contribution in [3.05, 3.63) is 53.3 Å². The predicted molar refractivity (Wildman–Crippen MR) is 149 cm³/mol. The molecular formula is C31H43FN2O5. The van der Waals surface area contributed by atoms with Gasteiger partial charge in [0, 0.05) is 50.2 Å². The molecule has 2 fully saturated rings. The molecule has 0 aromatic heterocycles. The van der Waals surface area contributed by atoms with Gasteiger partial charge >= 0.3 is 0 Å². The number of aliphatic hydroxyl groups excluding tert-OH is 1. The summed E-state index contributed by atoms with van der Waals surface area (Å²) in [5.41, 5.74) is 7.09. The number of piperidine rings is 1. The zero-order valence-electron chi connectivity index (χ0n) is 23.4. The Morgan fingerprint density at radius 1 is 1.21 bits per heavy atom. The molecule has 1 heterocycles. The fraction of sp³-hybridized carbons (Fsp3) is 0.581. The van der Waals surface area contributed by atoms with Crippen LogP contribution in [0.15, 0.2) is 36.4 Å². The number of amides is 1. The number of hydrogen-bond donors (Lipinski definition) is 3. The van der Waals surface area contributed by atoms with Gasteiger partial charge in [0.05, 0.1) is 18.8 Å². The number of likely N-dealkylation sites (tertiary alicyclic amines) is 1. The number of hydrogen-bond acceptors (Lipinski definition) is 6. The van der Waals surface area contributed by atoms with Crippen LogP contribution in [0.1, 0.15) is 56.1 Å². The molecule has 0 bridgehead atoms. The van der Waals surface area contributed by atoms with Gasteiger partial charge in [0.2, 0.25) is 5.91 Å². The summed E-state index contributed by atoms with van der Waals surface area (Å²) in [5.74, 6) is -0.406. The molecule has 2 aliphatic rings. The molecule has 0 radical (unpaired) electrons. The highest BCUT2D eigenvalue weighted by Gasteiger charge is 2.45. The highest BCUT2D eigenvalue weighted by atomic mass is 19.1. The third kappa shape index (κ3) is 6.46. The summed E-state index contributed by atoms with van der Waals surface area (Å²) in [6.07, 6.45) is 3.47. The third-order valence-electron chi connectivity index (χ3n) is 8.55. The van der Waals surface area contributed by atoms with Crippen molar-refractivity contribution >= 4 is 5.91 Å². The molecule has 4 rings (SSSR count). The molecular weight excluding hydrogens is 499 g/mol. The van der Waals surface area contributed by atoms with E-state index in [2.05, 4.69) is 0 Å². The summed E-state index contributed by atoms with van der Waals surface area (Å²) in [7, 11) is 3.23. The van der Waals surface area contributed by atoms with Crippen LogP contribution < -0.4 is 10.5 Å². The predicted octanol–water partition coefficient (Wildman–Crippen LogP) is 4.15. The van der Waals surface area contributed by atoms with Gasteiger partial charge in [-0.15, -0.1) is 0 Å². The number of carbonyl (C=O) groups is 1.